The number of likely N-dealkylation sites (tertiary alicyclic amines) is 1. The van der Waals surface area contributed by atoms with Gasteiger partial charge in [-0.25, -0.2) is 4.79 Å². The first-order valence-electron chi connectivity index (χ1n) is 9.97. The van der Waals surface area contributed by atoms with Crippen molar-refractivity contribution < 1.29 is 24.3 Å². The van der Waals surface area contributed by atoms with Crippen molar-refractivity contribution >= 4 is 29.7 Å². The number of carboxylic acid groups (broad SMARTS) is 1. The molecule has 1 saturated heterocycles. The Bertz CT molecular complexity index is 663. The smallest absolute Gasteiger partial charge is 0.326 e. The maximum absolute atomic E-state index is 13.0. The van der Waals surface area contributed by atoms with Crippen LogP contribution < -0.4 is 27.8 Å². The summed E-state index contributed by atoms with van der Waals surface area (Å²) in [5.74, 6) is -2.96. The standard InChI is InChI=1S/C18H33N7O5/c1-10(2)14(16(28)25-8-4-6-12(25)17(29)30)24-15(27)11(23-13(26)9-19)5-3-7-22-18(20)21/h10-12,14H,3-9,19H2,1-2H3,(H,23,26)(H,24,27)(H,29,30)(H4,20,21,22). The molecule has 0 aromatic rings. The second-order valence-electron chi connectivity index (χ2n) is 7.53. The summed E-state index contributed by atoms with van der Waals surface area (Å²) >= 11 is 0. The summed E-state index contributed by atoms with van der Waals surface area (Å²) in [6.07, 6.45) is 1.60. The van der Waals surface area contributed by atoms with Crippen LogP contribution in [0.1, 0.15) is 39.5 Å². The first kappa shape index (κ1) is 25.1. The molecule has 1 fully saturated rings. The van der Waals surface area contributed by atoms with Gasteiger partial charge in [-0.1, -0.05) is 13.8 Å². The van der Waals surface area contributed by atoms with Crippen molar-refractivity contribution in [1.82, 2.24) is 15.5 Å². The van der Waals surface area contributed by atoms with Gasteiger partial charge in [-0.3, -0.25) is 19.4 Å². The molecule has 0 aromatic carbocycles. The molecule has 3 atom stereocenters. The number of rotatable bonds is 11. The van der Waals surface area contributed by atoms with Gasteiger partial charge < -0.3 is 37.8 Å². The molecule has 0 bridgehead atoms. The molecule has 0 spiro atoms. The van der Waals surface area contributed by atoms with Gasteiger partial charge >= 0.3 is 5.97 Å². The Morgan fingerprint density at radius 1 is 1.20 bits per heavy atom. The van der Waals surface area contributed by atoms with Crippen LogP contribution in [-0.4, -0.2) is 77.4 Å². The molecule has 1 aliphatic heterocycles. The average molecular weight is 428 g/mol. The highest BCUT2D eigenvalue weighted by Crippen LogP contribution is 2.20. The molecule has 1 heterocycles. The minimum Gasteiger partial charge on any atom is -0.480 e. The van der Waals surface area contributed by atoms with Crippen molar-refractivity contribution in [1.29, 1.82) is 0 Å². The second-order valence-corrected chi connectivity index (χ2v) is 7.53. The monoisotopic (exact) mass is 427 g/mol. The lowest BCUT2D eigenvalue weighted by Gasteiger charge is -2.30. The molecule has 0 aliphatic carbocycles. The van der Waals surface area contributed by atoms with E-state index in [1.54, 1.807) is 13.8 Å². The molecule has 0 aromatic heterocycles. The number of amides is 3. The van der Waals surface area contributed by atoms with E-state index in [9.17, 15) is 24.3 Å². The van der Waals surface area contributed by atoms with Gasteiger partial charge in [0.2, 0.25) is 17.7 Å². The van der Waals surface area contributed by atoms with Crippen LogP contribution in [0.3, 0.4) is 0 Å². The van der Waals surface area contributed by atoms with Gasteiger partial charge in [0, 0.05) is 13.1 Å². The minimum absolute atomic E-state index is 0.0777. The molecular formula is C18H33N7O5. The van der Waals surface area contributed by atoms with Gasteiger partial charge in [-0.2, -0.15) is 0 Å². The highest BCUT2D eigenvalue weighted by atomic mass is 16.4. The van der Waals surface area contributed by atoms with Gasteiger partial charge in [0.15, 0.2) is 5.96 Å². The Hall–Kier alpha value is -2.89. The third kappa shape index (κ3) is 7.50. The van der Waals surface area contributed by atoms with Crippen LogP contribution in [0.4, 0.5) is 0 Å². The Labute approximate surface area is 175 Å². The number of nitrogens with one attached hydrogen (secondary N) is 2. The number of nitrogens with zero attached hydrogens (tertiary/aromatic N) is 2. The lowest BCUT2D eigenvalue weighted by atomic mass is 10.0. The number of guanidine groups is 1. The zero-order valence-corrected chi connectivity index (χ0v) is 17.5. The van der Waals surface area contributed by atoms with Crippen molar-refractivity contribution in [3.8, 4) is 0 Å². The highest BCUT2D eigenvalue weighted by Gasteiger charge is 2.39. The van der Waals surface area contributed by atoms with Crippen molar-refractivity contribution in [2.24, 2.45) is 28.1 Å². The van der Waals surface area contributed by atoms with E-state index in [1.165, 1.54) is 4.90 Å². The minimum atomic E-state index is -1.07. The van der Waals surface area contributed by atoms with Crippen molar-refractivity contribution in [3.05, 3.63) is 0 Å². The van der Waals surface area contributed by atoms with Crippen molar-refractivity contribution in [3.63, 3.8) is 0 Å². The summed E-state index contributed by atoms with van der Waals surface area (Å²) in [5.41, 5.74) is 15.9. The van der Waals surface area contributed by atoms with E-state index in [1.807, 2.05) is 0 Å². The summed E-state index contributed by atoms with van der Waals surface area (Å²) < 4.78 is 0. The summed E-state index contributed by atoms with van der Waals surface area (Å²) in [6.45, 7) is 3.80. The molecule has 12 nitrogen and oxygen atoms in total. The van der Waals surface area contributed by atoms with Crippen LogP contribution >= 0.6 is 0 Å². The van der Waals surface area contributed by atoms with E-state index < -0.39 is 41.8 Å². The fourth-order valence-electron chi connectivity index (χ4n) is 3.26. The highest BCUT2D eigenvalue weighted by molar-refractivity contribution is 5.94. The fourth-order valence-corrected chi connectivity index (χ4v) is 3.26. The lowest BCUT2D eigenvalue weighted by Crippen LogP contribution is -2.57. The topological polar surface area (TPSA) is 206 Å². The predicted molar refractivity (Wildman–Crippen MR) is 110 cm³/mol. The Balaban J connectivity index is 2.89. The van der Waals surface area contributed by atoms with Gasteiger partial charge in [-0.05, 0) is 31.6 Å². The van der Waals surface area contributed by atoms with Crippen LogP contribution in [-0.2, 0) is 19.2 Å². The number of hydrogen-bond donors (Lipinski definition) is 6. The number of aliphatic carboxylic acids is 1. The zero-order chi connectivity index (χ0) is 22.8. The Morgan fingerprint density at radius 3 is 2.40 bits per heavy atom. The normalized spacial score (nSPS) is 17.9. The molecule has 170 valence electrons. The number of nitrogens with two attached hydrogens (primary N) is 3. The van der Waals surface area contributed by atoms with Gasteiger partial charge in [0.1, 0.15) is 18.1 Å². The van der Waals surface area contributed by atoms with Crippen LogP contribution in [0.5, 0.6) is 0 Å². The van der Waals surface area contributed by atoms with Crippen LogP contribution in [0.2, 0.25) is 0 Å². The van der Waals surface area contributed by atoms with Crippen molar-refractivity contribution in [2.75, 3.05) is 19.6 Å². The summed E-state index contributed by atoms with van der Waals surface area (Å²) in [6, 6.07) is -2.76. The average Bonchev–Trinajstić information content (AvgIpc) is 3.17. The van der Waals surface area contributed by atoms with E-state index in [-0.39, 0.29) is 31.4 Å². The molecule has 1 aliphatic rings. The maximum atomic E-state index is 13.0. The summed E-state index contributed by atoms with van der Waals surface area (Å²) in [4.78, 5) is 54.1. The zero-order valence-electron chi connectivity index (χ0n) is 17.5. The van der Waals surface area contributed by atoms with E-state index >= 15 is 0 Å². The van der Waals surface area contributed by atoms with Gasteiger partial charge in [0.05, 0.1) is 6.54 Å². The molecular weight excluding hydrogens is 394 g/mol. The molecule has 3 amide bonds. The predicted octanol–water partition coefficient (Wildman–Crippen LogP) is -2.30. The molecule has 30 heavy (non-hydrogen) atoms. The number of carbonyl (C=O) groups excluding carboxylic acids is 3. The van der Waals surface area contributed by atoms with Crippen molar-refractivity contribution in [2.45, 2.75) is 57.7 Å². The summed E-state index contributed by atoms with van der Waals surface area (Å²) in [5, 5.41) is 14.5. The molecule has 0 saturated carbocycles. The number of hydrogen-bond acceptors (Lipinski definition) is 6. The molecule has 12 heteroatoms. The first-order chi connectivity index (χ1) is 14.1. The first-order valence-corrected chi connectivity index (χ1v) is 9.97. The third-order valence-corrected chi connectivity index (χ3v) is 4.83. The molecule has 1 rings (SSSR count). The van der Waals surface area contributed by atoms with Gasteiger partial charge in [0.25, 0.3) is 0 Å². The number of carboxylic acids is 1. The molecule has 3 unspecified atom stereocenters. The Morgan fingerprint density at radius 2 is 1.87 bits per heavy atom. The largest absolute Gasteiger partial charge is 0.480 e. The number of aliphatic imine (C=N–C) groups is 1. The maximum Gasteiger partial charge on any atom is 0.326 e. The third-order valence-electron chi connectivity index (χ3n) is 4.83. The van der Waals surface area contributed by atoms with E-state index in [0.717, 1.165) is 0 Å². The van der Waals surface area contributed by atoms with E-state index in [4.69, 9.17) is 17.2 Å². The Kier molecular flexibility index (Phi) is 10.0. The summed E-state index contributed by atoms with van der Waals surface area (Å²) in [7, 11) is 0. The van der Waals surface area contributed by atoms with Gasteiger partial charge in [-0.15, -0.1) is 0 Å². The quantitative estimate of drug-likeness (QED) is 0.120. The van der Waals surface area contributed by atoms with Crippen LogP contribution in [0.15, 0.2) is 4.99 Å². The SMILES string of the molecule is CC(C)C(NC(=O)C(CCCN=C(N)N)NC(=O)CN)C(=O)N1CCCC1C(=O)O. The number of carbonyl (C=O) groups is 4. The lowest BCUT2D eigenvalue weighted by molar-refractivity contribution is -0.150. The van der Waals surface area contributed by atoms with E-state index in [2.05, 4.69) is 15.6 Å². The molecule has 9 N–H and O–H groups in total. The van der Waals surface area contributed by atoms with E-state index in [0.29, 0.717) is 25.8 Å². The second kappa shape index (κ2) is 12.0. The molecule has 0 radical (unpaired) electrons. The fraction of sp³-hybridized carbons (Fsp3) is 0.722. The van der Waals surface area contributed by atoms with Crippen LogP contribution in [0.25, 0.3) is 0 Å². The van der Waals surface area contributed by atoms with Crippen LogP contribution in [0, 0.1) is 5.92 Å².